The van der Waals surface area contributed by atoms with E-state index in [0.717, 1.165) is 11.1 Å². The van der Waals surface area contributed by atoms with E-state index in [2.05, 4.69) is 0 Å². The highest BCUT2D eigenvalue weighted by Crippen LogP contribution is 2.25. The first-order chi connectivity index (χ1) is 6.90. The summed E-state index contributed by atoms with van der Waals surface area (Å²) < 4.78 is 22.4. The van der Waals surface area contributed by atoms with Crippen molar-refractivity contribution < 1.29 is 8.42 Å². The number of rotatable bonds is 3. The van der Waals surface area contributed by atoms with E-state index >= 15 is 0 Å². The van der Waals surface area contributed by atoms with Crippen molar-refractivity contribution in [2.24, 2.45) is 5.14 Å². The molecule has 0 unspecified atom stereocenters. The molecule has 0 saturated carbocycles. The first kappa shape index (κ1) is 12.5. The van der Waals surface area contributed by atoms with Crippen molar-refractivity contribution in [3.63, 3.8) is 0 Å². The van der Waals surface area contributed by atoms with Gasteiger partial charge in [0.05, 0.1) is 4.90 Å². The molecule has 1 aromatic rings. The molecule has 0 aliphatic rings. The Kier molecular flexibility index (Phi) is 3.76. The minimum atomic E-state index is -3.64. The summed E-state index contributed by atoms with van der Waals surface area (Å²) in [6.45, 7) is 3.85. The number of sulfonamides is 1. The van der Waals surface area contributed by atoms with Crippen LogP contribution in [0, 0.1) is 0 Å². The van der Waals surface area contributed by atoms with E-state index in [1.807, 2.05) is 13.8 Å². The molecule has 15 heavy (non-hydrogen) atoms. The van der Waals surface area contributed by atoms with Crippen LogP contribution in [0.3, 0.4) is 0 Å². The molecule has 0 amide bonds. The van der Waals surface area contributed by atoms with Gasteiger partial charge in [-0.15, -0.1) is 0 Å². The number of benzene rings is 1. The molecular formula is C10H14ClNO2S. The predicted octanol–water partition coefficient (Wildman–Crippen LogP) is 2.11. The number of aryl methyl sites for hydroxylation is 2. The summed E-state index contributed by atoms with van der Waals surface area (Å²) in [4.78, 5) is 0.139. The summed E-state index contributed by atoms with van der Waals surface area (Å²) in [5, 5.41) is 5.73. The van der Waals surface area contributed by atoms with Crippen LogP contribution >= 0.6 is 11.6 Å². The van der Waals surface area contributed by atoms with Gasteiger partial charge in [0.2, 0.25) is 10.0 Å². The van der Waals surface area contributed by atoms with Crippen LogP contribution in [0.1, 0.15) is 25.0 Å². The molecule has 0 spiro atoms. The lowest BCUT2D eigenvalue weighted by molar-refractivity contribution is 0.597. The number of hydrogen-bond donors (Lipinski definition) is 1. The number of primary sulfonamides is 1. The van der Waals surface area contributed by atoms with E-state index in [9.17, 15) is 8.42 Å². The van der Waals surface area contributed by atoms with Crippen LogP contribution in [0.15, 0.2) is 17.0 Å². The molecule has 0 heterocycles. The van der Waals surface area contributed by atoms with Crippen LogP contribution < -0.4 is 5.14 Å². The molecule has 3 nitrogen and oxygen atoms in total. The van der Waals surface area contributed by atoms with Gasteiger partial charge in [-0.1, -0.05) is 25.4 Å². The molecule has 0 atom stereocenters. The van der Waals surface area contributed by atoms with Crippen molar-refractivity contribution in [3.8, 4) is 0 Å². The zero-order chi connectivity index (χ0) is 11.6. The van der Waals surface area contributed by atoms with Crippen LogP contribution in [0.4, 0.5) is 0 Å². The zero-order valence-corrected chi connectivity index (χ0v) is 10.3. The Hall–Kier alpha value is -0.580. The Bertz CT molecular complexity index is 443. The average Bonchev–Trinajstić information content (AvgIpc) is 2.16. The molecule has 1 aromatic carbocycles. The third kappa shape index (κ3) is 2.71. The summed E-state index contributed by atoms with van der Waals surface area (Å²) in [5.41, 5.74) is 1.64. The predicted molar refractivity (Wildman–Crippen MR) is 61.6 cm³/mol. The van der Waals surface area contributed by atoms with E-state index in [1.54, 1.807) is 0 Å². The van der Waals surface area contributed by atoms with E-state index in [-0.39, 0.29) is 4.90 Å². The largest absolute Gasteiger partial charge is 0.238 e. The third-order valence-electron chi connectivity index (χ3n) is 2.29. The lowest BCUT2D eigenvalue weighted by Crippen LogP contribution is -2.13. The maximum Gasteiger partial charge on any atom is 0.238 e. The number of halogens is 1. The lowest BCUT2D eigenvalue weighted by Gasteiger charge is -2.09. The van der Waals surface area contributed by atoms with Crippen molar-refractivity contribution in [1.29, 1.82) is 0 Å². The summed E-state index contributed by atoms with van der Waals surface area (Å²) in [6.07, 6.45) is 1.38. The van der Waals surface area contributed by atoms with Gasteiger partial charge in [-0.3, -0.25) is 0 Å². The zero-order valence-electron chi connectivity index (χ0n) is 8.75. The van der Waals surface area contributed by atoms with Crippen LogP contribution in [-0.4, -0.2) is 8.42 Å². The molecule has 84 valence electrons. The highest BCUT2D eigenvalue weighted by atomic mass is 35.5. The molecule has 5 heteroatoms. The van der Waals surface area contributed by atoms with Crippen molar-refractivity contribution in [1.82, 2.24) is 0 Å². The van der Waals surface area contributed by atoms with Gasteiger partial charge in [-0.2, -0.15) is 0 Å². The van der Waals surface area contributed by atoms with E-state index in [4.69, 9.17) is 16.7 Å². The van der Waals surface area contributed by atoms with Gasteiger partial charge in [-0.05, 0) is 36.1 Å². The minimum Gasteiger partial charge on any atom is -0.225 e. The molecule has 0 aromatic heterocycles. The minimum absolute atomic E-state index is 0.139. The molecule has 0 radical (unpaired) electrons. The summed E-state index contributed by atoms with van der Waals surface area (Å²) in [6, 6.07) is 3.08. The first-order valence-corrected chi connectivity index (χ1v) is 6.66. The Morgan fingerprint density at radius 1 is 1.20 bits per heavy atom. The Morgan fingerprint density at radius 3 is 1.87 bits per heavy atom. The summed E-state index contributed by atoms with van der Waals surface area (Å²) in [7, 11) is -3.64. The molecule has 0 saturated heterocycles. The van der Waals surface area contributed by atoms with Gasteiger partial charge in [0.15, 0.2) is 0 Å². The quantitative estimate of drug-likeness (QED) is 0.889. The van der Waals surface area contributed by atoms with Crippen molar-refractivity contribution in [2.75, 3.05) is 0 Å². The monoisotopic (exact) mass is 247 g/mol. The smallest absolute Gasteiger partial charge is 0.225 e. The van der Waals surface area contributed by atoms with Gasteiger partial charge < -0.3 is 0 Å². The topological polar surface area (TPSA) is 60.2 Å². The van der Waals surface area contributed by atoms with E-state index in [1.165, 1.54) is 12.1 Å². The lowest BCUT2D eigenvalue weighted by atomic mass is 10.1. The van der Waals surface area contributed by atoms with Gasteiger partial charge in [0.25, 0.3) is 0 Å². The third-order valence-corrected chi connectivity index (χ3v) is 3.67. The normalized spacial score (nSPS) is 11.7. The molecule has 1 rings (SSSR count). The maximum absolute atomic E-state index is 11.2. The second-order valence-corrected chi connectivity index (χ2v) is 5.25. The second-order valence-electron chi connectivity index (χ2n) is 3.31. The molecule has 0 aliphatic heterocycles. The van der Waals surface area contributed by atoms with Gasteiger partial charge in [0.1, 0.15) is 0 Å². The average molecular weight is 248 g/mol. The van der Waals surface area contributed by atoms with Crippen molar-refractivity contribution >= 4 is 21.6 Å². The van der Waals surface area contributed by atoms with Crippen molar-refractivity contribution in [2.45, 2.75) is 31.6 Å². The Balaban J connectivity index is 3.47. The highest BCUT2D eigenvalue weighted by molar-refractivity contribution is 7.89. The van der Waals surface area contributed by atoms with Crippen LogP contribution in [0.2, 0.25) is 5.02 Å². The van der Waals surface area contributed by atoms with Crippen LogP contribution in [0.25, 0.3) is 0 Å². The van der Waals surface area contributed by atoms with E-state index < -0.39 is 10.0 Å². The SMILES string of the molecule is CCc1cc(S(N)(=O)=O)cc(CC)c1Cl. The van der Waals surface area contributed by atoms with Gasteiger partial charge >= 0.3 is 0 Å². The fraction of sp³-hybridized carbons (Fsp3) is 0.400. The highest BCUT2D eigenvalue weighted by Gasteiger charge is 2.13. The Labute approximate surface area is 95.3 Å². The van der Waals surface area contributed by atoms with Crippen molar-refractivity contribution in [3.05, 3.63) is 28.3 Å². The van der Waals surface area contributed by atoms with Crippen LogP contribution in [-0.2, 0) is 22.9 Å². The molecular weight excluding hydrogens is 234 g/mol. The fourth-order valence-electron chi connectivity index (χ4n) is 1.40. The van der Waals surface area contributed by atoms with Gasteiger partial charge in [-0.25, -0.2) is 13.6 Å². The molecule has 0 bridgehead atoms. The van der Waals surface area contributed by atoms with Crippen LogP contribution in [0.5, 0.6) is 0 Å². The summed E-state index contributed by atoms with van der Waals surface area (Å²) in [5.74, 6) is 0. The number of nitrogens with two attached hydrogens (primary N) is 1. The van der Waals surface area contributed by atoms with Gasteiger partial charge in [0, 0.05) is 5.02 Å². The summed E-state index contributed by atoms with van der Waals surface area (Å²) >= 11 is 6.10. The second kappa shape index (κ2) is 4.51. The van der Waals surface area contributed by atoms with E-state index in [0.29, 0.717) is 17.9 Å². The molecule has 0 aliphatic carbocycles. The molecule has 2 N–H and O–H groups in total. The Morgan fingerprint density at radius 2 is 1.60 bits per heavy atom. The maximum atomic E-state index is 11.2. The number of hydrogen-bond acceptors (Lipinski definition) is 2. The fourth-order valence-corrected chi connectivity index (χ4v) is 2.39. The first-order valence-electron chi connectivity index (χ1n) is 4.74. The molecule has 0 fully saturated rings. The standard InChI is InChI=1S/C10H14ClNO2S/c1-3-7-5-9(15(12,13)14)6-8(4-2)10(7)11/h5-6H,3-4H2,1-2H3,(H2,12,13,14).